The summed E-state index contributed by atoms with van der Waals surface area (Å²) in [5.74, 6) is 0.240. The lowest BCUT2D eigenvalue weighted by Gasteiger charge is -2.32. The summed E-state index contributed by atoms with van der Waals surface area (Å²) in [5.41, 5.74) is 5.49. The van der Waals surface area contributed by atoms with Gasteiger partial charge in [0.25, 0.3) is 0 Å². The zero-order valence-corrected chi connectivity index (χ0v) is 9.89. The molecule has 0 radical (unpaired) electrons. The molecule has 0 saturated heterocycles. The van der Waals surface area contributed by atoms with E-state index in [4.69, 9.17) is 10.9 Å². The highest BCUT2D eigenvalue weighted by Gasteiger charge is 2.25. The topological polar surface area (TPSA) is 90.9 Å². The van der Waals surface area contributed by atoms with Gasteiger partial charge in [0.2, 0.25) is 0 Å². The molecule has 3 atom stereocenters. The normalized spacial score (nSPS) is 29.0. The second-order valence-electron chi connectivity index (χ2n) is 4.53. The predicted molar refractivity (Wildman–Crippen MR) is 63.5 cm³/mol. The molecule has 5 nitrogen and oxygen atoms in total. The van der Waals surface area contributed by atoms with E-state index in [0.29, 0.717) is 6.42 Å². The van der Waals surface area contributed by atoms with Gasteiger partial charge in [-0.2, -0.15) is 0 Å². The zero-order valence-electron chi connectivity index (χ0n) is 9.89. The van der Waals surface area contributed by atoms with Gasteiger partial charge in [-0.05, 0) is 19.3 Å². The summed E-state index contributed by atoms with van der Waals surface area (Å²) in [5, 5.41) is 24.7. The van der Waals surface area contributed by atoms with Gasteiger partial charge in [0, 0.05) is 18.5 Å². The van der Waals surface area contributed by atoms with E-state index in [9.17, 15) is 5.11 Å². The molecule has 0 aromatic heterocycles. The van der Waals surface area contributed by atoms with Gasteiger partial charge in [0.15, 0.2) is 0 Å². The Morgan fingerprint density at radius 1 is 1.50 bits per heavy atom. The van der Waals surface area contributed by atoms with Crippen molar-refractivity contribution in [2.75, 3.05) is 0 Å². The molecule has 1 aliphatic rings. The minimum atomic E-state index is -0.255. The lowest BCUT2D eigenvalue weighted by Crippen LogP contribution is -2.48. The Kier molecular flexibility index (Phi) is 5.55. The van der Waals surface area contributed by atoms with Crippen LogP contribution in [0.4, 0.5) is 0 Å². The molecule has 0 amide bonds. The van der Waals surface area contributed by atoms with E-state index in [0.717, 1.165) is 32.1 Å². The van der Waals surface area contributed by atoms with E-state index < -0.39 is 0 Å². The summed E-state index contributed by atoms with van der Waals surface area (Å²) in [6, 6.07) is 0.332. The summed E-state index contributed by atoms with van der Waals surface area (Å²) < 4.78 is 0. The molecule has 1 aliphatic carbocycles. The van der Waals surface area contributed by atoms with Crippen LogP contribution in [0.1, 0.15) is 45.4 Å². The summed E-state index contributed by atoms with van der Waals surface area (Å²) >= 11 is 0. The number of hydrogen-bond donors (Lipinski definition) is 4. The first-order valence-electron chi connectivity index (χ1n) is 6.07. The smallest absolute Gasteiger partial charge is 0.140 e. The minimum Gasteiger partial charge on any atom is -0.409 e. The van der Waals surface area contributed by atoms with Crippen LogP contribution in [0.2, 0.25) is 0 Å². The fourth-order valence-corrected chi connectivity index (χ4v) is 2.22. The number of hydrogen-bond acceptors (Lipinski definition) is 4. The van der Waals surface area contributed by atoms with Gasteiger partial charge >= 0.3 is 0 Å². The van der Waals surface area contributed by atoms with Crippen LogP contribution >= 0.6 is 0 Å². The van der Waals surface area contributed by atoms with Crippen molar-refractivity contribution in [2.24, 2.45) is 10.9 Å². The maximum atomic E-state index is 9.83. The lowest BCUT2D eigenvalue weighted by atomic mass is 9.91. The first-order valence-corrected chi connectivity index (χ1v) is 6.07. The fraction of sp³-hybridized carbons (Fsp3) is 0.909. The third-order valence-electron chi connectivity index (χ3n) is 3.26. The largest absolute Gasteiger partial charge is 0.409 e. The zero-order chi connectivity index (χ0) is 12.0. The Morgan fingerprint density at radius 2 is 2.19 bits per heavy atom. The monoisotopic (exact) mass is 229 g/mol. The summed E-state index contributed by atoms with van der Waals surface area (Å²) in [6.45, 7) is 2.05. The standard InChI is InChI=1S/C11H23N3O2/c1-2-8(7-11(12)14-16)13-9-5-3-4-6-10(9)15/h8-10,13,15-16H,2-7H2,1H3,(H2,12,14). The average Bonchev–Trinajstić information content (AvgIpc) is 2.30. The molecule has 5 N–H and O–H groups in total. The highest BCUT2D eigenvalue weighted by atomic mass is 16.4. The van der Waals surface area contributed by atoms with E-state index in [-0.39, 0.29) is 24.0 Å². The van der Waals surface area contributed by atoms with Gasteiger partial charge in [0.05, 0.1) is 6.10 Å². The molecule has 0 heterocycles. The maximum absolute atomic E-state index is 9.83. The average molecular weight is 229 g/mol. The first kappa shape index (κ1) is 13.3. The molecule has 0 spiro atoms. The van der Waals surface area contributed by atoms with Crippen LogP contribution in [0.3, 0.4) is 0 Å². The Labute approximate surface area is 96.7 Å². The number of oxime groups is 1. The van der Waals surface area contributed by atoms with Crippen molar-refractivity contribution >= 4 is 5.84 Å². The van der Waals surface area contributed by atoms with Gasteiger partial charge in [-0.1, -0.05) is 24.9 Å². The van der Waals surface area contributed by atoms with Crippen molar-refractivity contribution in [3.8, 4) is 0 Å². The van der Waals surface area contributed by atoms with E-state index in [2.05, 4.69) is 17.4 Å². The van der Waals surface area contributed by atoms with Crippen molar-refractivity contribution in [2.45, 2.75) is 63.6 Å². The molecule has 3 unspecified atom stereocenters. The fourth-order valence-electron chi connectivity index (χ4n) is 2.22. The summed E-state index contributed by atoms with van der Waals surface area (Å²) in [7, 11) is 0. The number of nitrogens with two attached hydrogens (primary N) is 1. The van der Waals surface area contributed by atoms with Crippen molar-refractivity contribution in [3.05, 3.63) is 0 Å². The highest BCUT2D eigenvalue weighted by molar-refractivity contribution is 5.80. The molecule has 0 aliphatic heterocycles. The number of aliphatic hydroxyl groups excluding tert-OH is 1. The van der Waals surface area contributed by atoms with Crippen molar-refractivity contribution in [1.82, 2.24) is 5.32 Å². The van der Waals surface area contributed by atoms with Crippen LogP contribution in [-0.2, 0) is 0 Å². The van der Waals surface area contributed by atoms with Crippen LogP contribution in [0, 0.1) is 0 Å². The van der Waals surface area contributed by atoms with Crippen LogP contribution < -0.4 is 11.1 Å². The van der Waals surface area contributed by atoms with Crippen LogP contribution in [0.25, 0.3) is 0 Å². The minimum absolute atomic E-state index is 0.158. The Hall–Kier alpha value is -0.810. The molecular formula is C11H23N3O2. The molecule has 1 fully saturated rings. The highest BCUT2D eigenvalue weighted by Crippen LogP contribution is 2.19. The first-order chi connectivity index (χ1) is 7.67. The SMILES string of the molecule is CCC(CC(N)=NO)NC1CCCCC1O. The van der Waals surface area contributed by atoms with Crippen LogP contribution in [0.15, 0.2) is 5.16 Å². The van der Waals surface area contributed by atoms with Gasteiger partial charge < -0.3 is 21.4 Å². The number of rotatable bonds is 5. The quantitative estimate of drug-likeness (QED) is 0.243. The lowest BCUT2D eigenvalue weighted by molar-refractivity contribution is 0.0848. The molecule has 0 aromatic carbocycles. The van der Waals surface area contributed by atoms with E-state index in [1.54, 1.807) is 0 Å². The number of aliphatic hydroxyl groups is 1. The van der Waals surface area contributed by atoms with Crippen molar-refractivity contribution in [1.29, 1.82) is 0 Å². The molecule has 0 aromatic rings. The van der Waals surface area contributed by atoms with E-state index >= 15 is 0 Å². The van der Waals surface area contributed by atoms with Gasteiger partial charge in [-0.25, -0.2) is 0 Å². The van der Waals surface area contributed by atoms with Crippen molar-refractivity contribution < 1.29 is 10.3 Å². The molecule has 94 valence electrons. The van der Waals surface area contributed by atoms with Crippen molar-refractivity contribution in [3.63, 3.8) is 0 Å². The number of nitrogens with one attached hydrogen (secondary N) is 1. The Bertz CT molecular complexity index is 233. The van der Waals surface area contributed by atoms with Crippen LogP contribution in [0.5, 0.6) is 0 Å². The Morgan fingerprint density at radius 3 is 2.75 bits per heavy atom. The van der Waals surface area contributed by atoms with Gasteiger partial charge in [0.1, 0.15) is 5.84 Å². The summed E-state index contributed by atoms with van der Waals surface area (Å²) in [6.07, 6.45) is 5.32. The summed E-state index contributed by atoms with van der Waals surface area (Å²) in [4.78, 5) is 0. The van der Waals surface area contributed by atoms with Crippen LogP contribution in [-0.4, -0.2) is 34.3 Å². The van der Waals surface area contributed by atoms with Gasteiger partial charge in [-0.15, -0.1) is 0 Å². The Balaban J connectivity index is 2.42. The predicted octanol–water partition coefficient (Wildman–Crippen LogP) is 0.795. The maximum Gasteiger partial charge on any atom is 0.140 e. The number of nitrogens with zero attached hydrogens (tertiary/aromatic N) is 1. The molecule has 5 heteroatoms. The van der Waals surface area contributed by atoms with E-state index in [1.807, 2.05) is 0 Å². The molecule has 1 saturated carbocycles. The molecule has 0 bridgehead atoms. The number of amidine groups is 1. The molecular weight excluding hydrogens is 206 g/mol. The second kappa shape index (κ2) is 6.70. The second-order valence-corrected chi connectivity index (χ2v) is 4.53. The van der Waals surface area contributed by atoms with Gasteiger partial charge in [-0.3, -0.25) is 0 Å². The molecule has 16 heavy (non-hydrogen) atoms. The third kappa shape index (κ3) is 3.98. The third-order valence-corrected chi connectivity index (χ3v) is 3.26. The van der Waals surface area contributed by atoms with E-state index in [1.165, 1.54) is 0 Å². The molecule has 1 rings (SSSR count).